The number of nitro benzene ring substituents is 1. The van der Waals surface area contributed by atoms with Gasteiger partial charge in [0.1, 0.15) is 5.69 Å². The lowest BCUT2D eigenvalue weighted by atomic mass is 10.1. The summed E-state index contributed by atoms with van der Waals surface area (Å²) in [7, 11) is 0. The summed E-state index contributed by atoms with van der Waals surface area (Å²) in [5.41, 5.74) is 3.88. The summed E-state index contributed by atoms with van der Waals surface area (Å²) in [6.45, 7) is 5.91. The molecule has 0 saturated carbocycles. The largest absolute Gasteiger partial charge is 0.373 e. The second kappa shape index (κ2) is 5.74. The molecule has 0 amide bonds. The van der Waals surface area contributed by atoms with Crippen LogP contribution in [0.1, 0.15) is 29.7 Å². The van der Waals surface area contributed by atoms with Crippen LogP contribution in [0.5, 0.6) is 0 Å². The molecule has 20 heavy (non-hydrogen) atoms. The number of nitro groups is 1. The van der Waals surface area contributed by atoms with Gasteiger partial charge in [-0.3, -0.25) is 10.1 Å². The van der Waals surface area contributed by atoms with Crippen molar-refractivity contribution in [2.75, 3.05) is 5.32 Å². The number of para-hydroxylation sites is 1. The van der Waals surface area contributed by atoms with Crippen molar-refractivity contribution in [1.82, 2.24) is 0 Å². The fourth-order valence-corrected chi connectivity index (χ4v) is 2.15. The highest BCUT2D eigenvalue weighted by atomic mass is 16.6. The van der Waals surface area contributed by atoms with Crippen LogP contribution < -0.4 is 5.32 Å². The number of benzene rings is 2. The van der Waals surface area contributed by atoms with Gasteiger partial charge in [-0.2, -0.15) is 0 Å². The van der Waals surface area contributed by atoms with E-state index in [0.717, 1.165) is 11.1 Å². The summed E-state index contributed by atoms with van der Waals surface area (Å²) >= 11 is 0. The average molecular weight is 270 g/mol. The van der Waals surface area contributed by atoms with Crippen LogP contribution in [0.4, 0.5) is 11.4 Å². The van der Waals surface area contributed by atoms with Crippen LogP contribution in [-0.2, 0) is 0 Å². The molecular weight excluding hydrogens is 252 g/mol. The Bertz CT molecular complexity index is 621. The topological polar surface area (TPSA) is 55.2 Å². The fourth-order valence-electron chi connectivity index (χ4n) is 2.15. The molecule has 0 aliphatic heterocycles. The zero-order chi connectivity index (χ0) is 14.7. The van der Waals surface area contributed by atoms with Crippen molar-refractivity contribution in [3.63, 3.8) is 0 Å². The fraction of sp³-hybridized carbons (Fsp3) is 0.250. The Kier molecular flexibility index (Phi) is 4.03. The highest BCUT2D eigenvalue weighted by molar-refractivity contribution is 5.66. The monoisotopic (exact) mass is 270 g/mol. The number of anilines is 1. The van der Waals surface area contributed by atoms with E-state index in [1.54, 1.807) is 6.07 Å². The quantitative estimate of drug-likeness (QED) is 0.662. The molecule has 104 valence electrons. The Morgan fingerprint density at radius 2 is 1.75 bits per heavy atom. The summed E-state index contributed by atoms with van der Waals surface area (Å²) in [4.78, 5) is 10.8. The maximum absolute atomic E-state index is 11.1. The maximum Gasteiger partial charge on any atom is 0.292 e. The minimum Gasteiger partial charge on any atom is -0.373 e. The first-order valence-electron chi connectivity index (χ1n) is 6.56. The van der Waals surface area contributed by atoms with E-state index in [2.05, 4.69) is 5.32 Å². The van der Waals surface area contributed by atoms with Gasteiger partial charge in [0.15, 0.2) is 0 Å². The molecule has 0 heterocycles. The van der Waals surface area contributed by atoms with Gasteiger partial charge in [0.05, 0.1) is 4.92 Å². The van der Waals surface area contributed by atoms with Gasteiger partial charge in [-0.05, 0) is 31.9 Å². The minimum absolute atomic E-state index is 0.00963. The van der Waals surface area contributed by atoms with Crippen LogP contribution in [0.2, 0.25) is 0 Å². The Hall–Kier alpha value is -2.36. The predicted octanol–water partition coefficient (Wildman–Crippen LogP) is 4.38. The third-order valence-electron chi connectivity index (χ3n) is 3.39. The summed E-state index contributed by atoms with van der Waals surface area (Å²) in [6, 6.07) is 13.3. The summed E-state index contributed by atoms with van der Waals surface area (Å²) in [6.07, 6.45) is 0. The van der Waals surface area contributed by atoms with Crippen molar-refractivity contribution in [2.24, 2.45) is 0 Å². The Labute approximate surface area is 118 Å². The molecule has 0 aliphatic carbocycles. The van der Waals surface area contributed by atoms with Crippen LogP contribution in [0.25, 0.3) is 0 Å². The molecule has 0 bridgehead atoms. The molecule has 0 fully saturated rings. The molecule has 1 N–H and O–H groups in total. The lowest BCUT2D eigenvalue weighted by Gasteiger charge is -2.17. The smallest absolute Gasteiger partial charge is 0.292 e. The molecule has 1 atom stereocenters. The molecule has 2 rings (SSSR count). The highest BCUT2D eigenvalue weighted by Gasteiger charge is 2.17. The number of hydrogen-bond donors (Lipinski definition) is 1. The Morgan fingerprint density at radius 3 is 2.35 bits per heavy atom. The molecule has 2 aromatic carbocycles. The van der Waals surface area contributed by atoms with Crippen LogP contribution in [-0.4, -0.2) is 4.92 Å². The first-order chi connectivity index (χ1) is 9.49. The van der Waals surface area contributed by atoms with Crippen LogP contribution in [0.3, 0.4) is 0 Å². The third-order valence-corrected chi connectivity index (χ3v) is 3.39. The van der Waals surface area contributed by atoms with Crippen LogP contribution in [0, 0.1) is 24.0 Å². The van der Waals surface area contributed by atoms with Gasteiger partial charge >= 0.3 is 0 Å². The van der Waals surface area contributed by atoms with E-state index in [9.17, 15) is 10.1 Å². The molecule has 0 aromatic heterocycles. The average Bonchev–Trinajstić information content (AvgIpc) is 2.41. The van der Waals surface area contributed by atoms with E-state index < -0.39 is 0 Å². The first kappa shape index (κ1) is 14.1. The zero-order valence-corrected chi connectivity index (χ0v) is 11.9. The number of aryl methyl sites for hydroxylation is 2. The van der Waals surface area contributed by atoms with E-state index in [4.69, 9.17) is 0 Å². The standard InChI is InChI=1S/C16H18N2O2/c1-11-7-9-14(10-8-11)13(3)17-16-12(2)5-4-6-15(16)18(19)20/h4-10,13,17H,1-3H3. The minimum atomic E-state index is -0.350. The molecule has 4 heteroatoms. The summed E-state index contributed by atoms with van der Waals surface area (Å²) < 4.78 is 0. The van der Waals surface area contributed by atoms with E-state index in [1.165, 1.54) is 11.6 Å². The van der Waals surface area contributed by atoms with Gasteiger partial charge in [-0.25, -0.2) is 0 Å². The second-order valence-electron chi connectivity index (χ2n) is 5.00. The molecular formula is C16H18N2O2. The normalized spacial score (nSPS) is 11.9. The van der Waals surface area contributed by atoms with Gasteiger partial charge in [0, 0.05) is 12.1 Å². The van der Waals surface area contributed by atoms with E-state index in [1.807, 2.05) is 51.1 Å². The maximum atomic E-state index is 11.1. The lowest BCUT2D eigenvalue weighted by molar-refractivity contribution is -0.384. The molecule has 0 radical (unpaired) electrons. The van der Waals surface area contributed by atoms with Gasteiger partial charge in [-0.15, -0.1) is 0 Å². The van der Waals surface area contributed by atoms with E-state index in [-0.39, 0.29) is 16.7 Å². The molecule has 0 spiro atoms. The number of nitrogens with zero attached hydrogens (tertiary/aromatic N) is 1. The van der Waals surface area contributed by atoms with Crippen molar-refractivity contribution < 1.29 is 4.92 Å². The molecule has 1 unspecified atom stereocenters. The summed E-state index contributed by atoms with van der Waals surface area (Å²) in [5.74, 6) is 0. The van der Waals surface area contributed by atoms with E-state index >= 15 is 0 Å². The van der Waals surface area contributed by atoms with Crippen molar-refractivity contribution >= 4 is 11.4 Å². The number of hydrogen-bond acceptors (Lipinski definition) is 3. The second-order valence-corrected chi connectivity index (χ2v) is 5.00. The van der Waals surface area contributed by atoms with Gasteiger partial charge in [-0.1, -0.05) is 42.0 Å². The van der Waals surface area contributed by atoms with Crippen molar-refractivity contribution in [1.29, 1.82) is 0 Å². The molecule has 0 aliphatic rings. The number of nitrogens with one attached hydrogen (secondary N) is 1. The molecule has 4 nitrogen and oxygen atoms in total. The Balaban J connectivity index is 2.30. The number of rotatable bonds is 4. The van der Waals surface area contributed by atoms with Crippen LogP contribution >= 0.6 is 0 Å². The van der Waals surface area contributed by atoms with Gasteiger partial charge in [0.2, 0.25) is 0 Å². The predicted molar refractivity (Wildman–Crippen MR) is 81.1 cm³/mol. The van der Waals surface area contributed by atoms with Crippen LogP contribution in [0.15, 0.2) is 42.5 Å². The Morgan fingerprint density at radius 1 is 1.10 bits per heavy atom. The van der Waals surface area contributed by atoms with Gasteiger partial charge < -0.3 is 5.32 Å². The lowest BCUT2D eigenvalue weighted by Crippen LogP contribution is -2.09. The molecule has 0 saturated heterocycles. The van der Waals surface area contributed by atoms with Crippen molar-refractivity contribution in [3.8, 4) is 0 Å². The third kappa shape index (κ3) is 2.96. The highest BCUT2D eigenvalue weighted by Crippen LogP contribution is 2.31. The SMILES string of the molecule is Cc1ccc(C(C)Nc2c(C)cccc2[N+](=O)[O-])cc1. The zero-order valence-electron chi connectivity index (χ0n) is 11.9. The van der Waals surface area contributed by atoms with Crippen molar-refractivity contribution in [2.45, 2.75) is 26.8 Å². The summed E-state index contributed by atoms with van der Waals surface area (Å²) in [5, 5.41) is 14.4. The first-order valence-corrected chi connectivity index (χ1v) is 6.56. The van der Waals surface area contributed by atoms with Gasteiger partial charge in [0.25, 0.3) is 5.69 Å². The molecule has 2 aromatic rings. The van der Waals surface area contributed by atoms with Crippen molar-refractivity contribution in [3.05, 3.63) is 69.3 Å². The van der Waals surface area contributed by atoms with E-state index in [0.29, 0.717) is 5.69 Å².